The molecule has 4 nitrogen and oxygen atoms in total. The largest absolute Gasteiger partial charge is 0.310 e. The number of hydrogen-bond acceptors (Lipinski definition) is 4. The molecule has 5 heteroatoms. The summed E-state index contributed by atoms with van der Waals surface area (Å²) in [6, 6.07) is 0.318. The van der Waals surface area contributed by atoms with Crippen molar-refractivity contribution in [2.24, 2.45) is 0 Å². The molecule has 0 aromatic carbocycles. The van der Waals surface area contributed by atoms with Gasteiger partial charge >= 0.3 is 0 Å². The van der Waals surface area contributed by atoms with Gasteiger partial charge in [0, 0.05) is 31.7 Å². The van der Waals surface area contributed by atoms with Gasteiger partial charge in [-0.1, -0.05) is 11.6 Å². The number of rotatable bonds is 2. The molecule has 2 rings (SSSR count). The predicted molar refractivity (Wildman–Crippen MR) is 65.2 cm³/mol. The Kier molecular flexibility index (Phi) is 3.37. The highest BCUT2D eigenvalue weighted by atomic mass is 32.2. The Bertz CT molecular complexity index is 385. The number of sulfone groups is 1. The monoisotopic (exact) mass is 244 g/mol. The molecule has 0 aliphatic carbocycles. The molecule has 0 unspecified atom stereocenters. The average molecular weight is 244 g/mol. The van der Waals surface area contributed by atoms with E-state index in [0.717, 1.165) is 19.6 Å². The quantitative estimate of drug-likeness (QED) is 0.696. The first-order valence-corrected chi connectivity index (χ1v) is 7.61. The Balaban J connectivity index is 2.07. The number of nitrogens with zero attached hydrogens (tertiary/aromatic N) is 1. The second kappa shape index (κ2) is 4.47. The van der Waals surface area contributed by atoms with E-state index < -0.39 is 9.84 Å². The lowest BCUT2D eigenvalue weighted by Gasteiger charge is -2.36. The van der Waals surface area contributed by atoms with Crippen molar-refractivity contribution in [1.29, 1.82) is 0 Å². The maximum atomic E-state index is 11.6. The van der Waals surface area contributed by atoms with Crippen LogP contribution in [0.2, 0.25) is 0 Å². The van der Waals surface area contributed by atoms with Crippen molar-refractivity contribution in [3.8, 4) is 0 Å². The Labute approximate surface area is 97.6 Å². The third-order valence-corrected chi connectivity index (χ3v) is 5.05. The van der Waals surface area contributed by atoms with Gasteiger partial charge in [0.25, 0.3) is 0 Å². The zero-order valence-electron chi connectivity index (χ0n) is 9.94. The summed E-state index contributed by atoms with van der Waals surface area (Å²) in [7, 11) is -2.83. The summed E-state index contributed by atoms with van der Waals surface area (Å²) in [6.45, 7) is 6.87. The van der Waals surface area contributed by atoms with Gasteiger partial charge in [0.05, 0.1) is 11.5 Å². The van der Waals surface area contributed by atoms with Crippen LogP contribution in [0.25, 0.3) is 0 Å². The molecular weight excluding hydrogens is 224 g/mol. The van der Waals surface area contributed by atoms with Crippen LogP contribution < -0.4 is 5.32 Å². The zero-order valence-corrected chi connectivity index (χ0v) is 10.8. The molecule has 2 fully saturated rings. The topological polar surface area (TPSA) is 49.4 Å². The molecule has 0 aromatic heterocycles. The minimum Gasteiger partial charge on any atom is -0.310 e. The van der Waals surface area contributed by atoms with Crippen LogP contribution in [0, 0.1) is 0 Å². The van der Waals surface area contributed by atoms with Gasteiger partial charge in [0.1, 0.15) is 0 Å². The molecule has 92 valence electrons. The van der Waals surface area contributed by atoms with Crippen LogP contribution in [0.1, 0.15) is 13.8 Å². The van der Waals surface area contributed by atoms with Crippen molar-refractivity contribution in [3.63, 3.8) is 0 Å². The molecule has 16 heavy (non-hydrogen) atoms. The molecule has 0 amide bonds. The summed E-state index contributed by atoms with van der Waals surface area (Å²) in [5.74, 6) is 0.629. The minimum atomic E-state index is -2.83. The van der Waals surface area contributed by atoms with Gasteiger partial charge < -0.3 is 5.32 Å². The second-order valence-corrected chi connectivity index (χ2v) is 7.14. The maximum Gasteiger partial charge on any atom is 0.153 e. The molecule has 2 saturated heterocycles. The van der Waals surface area contributed by atoms with Gasteiger partial charge in [0.15, 0.2) is 9.84 Å². The summed E-state index contributed by atoms with van der Waals surface area (Å²) in [5.41, 5.74) is 1.29. The molecule has 2 aliphatic heterocycles. The average Bonchev–Trinajstić information content (AvgIpc) is 2.48. The highest BCUT2D eigenvalue weighted by Gasteiger charge is 2.42. The Morgan fingerprint density at radius 3 is 2.88 bits per heavy atom. The lowest BCUT2D eigenvalue weighted by Crippen LogP contribution is -2.57. The van der Waals surface area contributed by atoms with E-state index >= 15 is 0 Å². The Hall–Kier alpha value is -0.390. The van der Waals surface area contributed by atoms with Crippen LogP contribution in [0.4, 0.5) is 0 Å². The standard InChI is InChI=1S/C11H20N2O2S/c1-9(2)3-5-13-6-4-12-10-7-16(14,15)8-11(10)13/h3,10-12H,4-8H2,1-2H3/t10-,11+/m0/s1. The first kappa shape index (κ1) is 12.1. The van der Waals surface area contributed by atoms with Crippen LogP contribution in [-0.4, -0.2) is 56.5 Å². The SMILES string of the molecule is CC(C)=CCN1CCN[C@H]2CS(=O)(=O)C[C@H]21. The molecule has 2 heterocycles. The van der Waals surface area contributed by atoms with Crippen molar-refractivity contribution in [1.82, 2.24) is 10.2 Å². The second-order valence-electron chi connectivity index (χ2n) is 4.98. The fraction of sp³-hybridized carbons (Fsp3) is 0.818. The summed E-state index contributed by atoms with van der Waals surface area (Å²) in [5, 5.41) is 3.31. The van der Waals surface area contributed by atoms with Crippen LogP contribution >= 0.6 is 0 Å². The third-order valence-electron chi connectivity index (χ3n) is 3.33. The third kappa shape index (κ3) is 2.64. The zero-order chi connectivity index (χ0) is 11.8. The molecule has 0 saturated carbocycles. The number of nitrogens with one attached hydrogen (secondary N) is 1. The van der Waals surface area contributed by atoms with Crippen molar-refractivity contribution >= 4 is 9.84 Å². The van der Waals surface area contributed by atoms with Gasteiger partial charge in [-0.3, -0.25) is 4.90 Å². The highest BCUT2D eigenvalue weighted by molar-refractivity contribution is 7.91. The minimum absolute atomic E-state index is 0.143. The van der Waals surface area contributed by atoms with E-state index in [0.29, 0.717) is 11.5 Å². The summed E-state index contributed by atoms with van der Waals surface area (Å²) in [4.78, 5) is 2.29. The van der Waals surface area contributed by atoms with Gasteiger partial charge in [-0.15, -0.1) is 0 Å². The van der Waals surface area contributed by atoms with Crippen LogP contribution in [0.15, 0.2) is 11.6 Å². The van der Waals surface area contributed by atoms with Crippen LogP contribution in [0.5, 0.6) is 0 Å². The van der Waals surface area contributed by atoms with E-state index in [2.05, 4.69) is 30.1 Å². The van der Waals surface area contributed by atoms with Crippen LogP contribution in [0.3, 0.4) is 0 Å². The normalized spacial score (nSPS) is 33.4. The van der Waals surface area contributed by atoms with Crippen LogP contribution in [-0.2, 0) is 9.84 Å². The molecule has 0 aromatic rings. The molecule has 0 spiro atoms. The lowest BCUT2D eigenvalue weighted by atomic mass is 10.1. The van der Waals surface area contributed by atoms with Gasteiger partial charge in [0.2, 0.25) is 0 Å². The number of allylic oxidation sites excluding steroid dienone is 1. The molecule has 0 bridgehead atoms. The van der Waals surface area contributed by atoms with E-state index in [1.54, 1.807) is 0 Å². The van der Waals surface area contributed by atoms with Gasteiger partial charge in [-0.2, -0.15) is 0 Å². The van der Waals surface area contributed by atoms with Crippen molar-refractivity contribution in [2.45, 2.75) is 25.9 Å². The molecule has 2 atom stereocenters. The number of hydrogen-bond donors (Lipinski definition) is 1. The maximum absolute atomic E-state index is 11.6. The van der Waals surface area contributed by atoms with E-state index in [1.165, 1.54) is 5.57 Å². The fourth-order valence-electron chi connectivity index (χ4n) is 2.47. The number of fused-ring (bicyclic) bond motifs is 1. The van der Waals surface area contributed by atoms with Crippen molar-refractivity contribution in [2.75, 3.05) is 31.1 Å². The first-order valence-electron chi connectivity index (χ1n) is 5.79. The predicted octanol–water partition coefficient (Wildman–Crippen LogP) is 0.0234. The Morgan fingerprint density at radius 2 is 2.19 bits per heavy atom. The first-order chi connectivity index (χ1) is 7.48. The Morgan fingerprint density at radius 1 is 1.44 bits per heavy atom. The van der Waals surface area contributed by atoms with E-state index in [-0.39, 0.29) is 12.1 Å². The van der Waals surface area contributed by atoms with E-state index in [4.69, 9.17) is 0 Å². The molecule has 1 N–H and O–H groups in total. The van der Waals surface area contributed by atoms with E-state index in [1.807, 2.05) is 0 Å². The van der Waals surface area contributed by atoms with Crippen molar-refractivity contribution < 1.29 is 8.42 Å². The van der Waals surface area contributed by atoms with Crippen molar-refractivity contribution in [3.05, 3.63) is 11.6 Å². The summed E-state index contributed by atoms with van der Waals surface area (Å²) in [6.07, 6.45) is 2.17. The number of piperazine rings is 1. The lowest BCUT2D eigenvalue weighted by molar-refractivity contribution is 0.165. The molecule has 2 aliphatic rings. The smallest absolute Gasteiger partial charge is 0.153 e. The highest BCUT2D eigenvalue weighted by Crippen LogP contribution is 2.21. The van der Waals surface area contributed by atoms with E-state index in [9.17, 15) is 8.42 Å². The molecular formula is C11H20N2O2S. The van der Waals surface area contributed by atoms with Gasteiger partial charge in [-0.05, 0) is 13.8 Å². The summed E-state index contributed by atoms with van der Waals surface area (Å²) >= 11 is 0. The molecule has 0 radical (unpaired) electrons. The van der Waals surface area contributed by atoms with Gasteiger partial charge in [-0.25, -0.2) is 8.42 Å². The fourth-order valence-corrected chi connectivity index (χ4v) is 4.46. The summed E-state index contributed by atoms with van der Waals surface area (Å²) < 4.78 is 23.2.